The van der Waals surface area contributed by atoms with Crippen LogP contribution in [0.2, 0.25) is 0 Å². The molecule has 3 rings (SSSR count). The Bertz CT molecular complexity index is 851. The Morgan fingerprint density at radius 3 is 2.44 bits per heavy atom. The van der Waals surface area contributed by atoms with E-state index in [1.807, 2.05) is 24.3 Å². The molecular weight excluding hydrogens is 318 g/mol. The Morgan fingerprint density at radius 1 is 1.04 bits per heavy atom. The number of anilines is 2. The number of rotatable bonds is 3. The highest BCUT2D eigenvalue weighted by Crippen LogP contribution is 2.23. The van der Waals surface area contributed by atoms with Crippen LogP contribution in [0.1, 0.15) is 26.3 Å². The molecule has 0 fully saturated rings. The van der Waals surface area contributed by atoms with Crippen molar-refractivity contribution in [1.82, 2.24) is 24.7 Å². The summed E-state index contributed by atoms with van der Waals surface area (Å²) in [5.41, 5.74) is 1.97. The van der Waals surface area contributed by atoms with Gasteiger partial charge in [0.2, 0.25) is 0 Å². The summed E-state index contributed by atoms with van der Waals surface area (Å²) in [7, 11) is 0. The van der Waals surface area contributed by atoms with E-state index in [1.54, 1.807) is 6.07 Å². The molecule has 0 saturated heterocycles. The van der Waals surface area contributed by atoms with E-state index in [4.69, 9.17) is 0 Å². The topological polar surface area (TPSA) is 97.6 Å². The average molecular weight is 337 g/mol. The van der Waals surface area contributed by atoms with E-state index in [0.717, 1.165) is 0 Å². The second-order valence-corrected chi connectivity index (χ2v) is 6.51. The van der Waals surface area contributed by atoms with Gasteiger partial charge in [-0.15, -0.1) is 0 Å². The van der Waals surface area contributed by atoms with Crippen LogP contribution in [-0.4, -0.2) is 30.8 Å². The van der Waals surface area contributed by atoms with Crippen molar-refractivity contribution in [2.24, 2.45) is 0 Å². The molecule has 0 aliphatic rings. The van der Waals surface area contributed by atoms with Gasteiger partial charge in [-0.1, -0.05) is 32.9 Å². The van der Waals surface area contributed by atoms with E-state index in [-0.39, 0.29) is 11.4 Å². The second-order valence-electron chi connectivity index (χ2n) is 6.51. The highest BCUT2D eigenvalue weighted by Gasteiger charge is 2.13. The van der Waals surface area contributed by atoms with Crippen LogP contribution in [0.4, 0.5) is 16.3 Å². The van der Waals surface area contributed by atoms with Crippen LogP contribution >= 0.6 is 0 Å². The predicted molar refractivity (Wildman–Crippen MR) is 94.7 cm³/mol. The molecule has 2 heterocycles. The Labute approximate surface area is 145 Å². The number of carbonyl (C=O) groups is 1. The molecule has 0 bridgehead atoms. The number of benzene rings is 1. The number of carbonyl (C=O) groups excluding carboxylic acids is 1. The van der Waals surface area contributed by atoms with Gasteiger partial charge >= 0.3 is 6.03 Å². The lowest BCUT2D eigenvalue weighted by molar-refractivity contribution is 0.262. The summed E-state index contributed by atoms with van der Waals surface area (Å²) >= 11 is 0. The van der Waals surface area contributed by atoms with Gasteiger partial charge in [-0.2, -0.15) is 5.10 Å². The SMILES string of the molecule is CC(C)(C)c1ccc(NC(=O)Nc2cc(-n3cncn3)ncn2)cc1. The Balaban J connectivity index is 1.66. The Kier molecular flexibility index (Phi) is 4.42. The van der Waals surface area contributed by atoms with Crippen molar-refractivity contribution in [2.45, 2.75) is 26.2 Å². The lowest BCUT2D eigenvalue weighted by atomic mass is 9.87. The molecule has 1 aromatic carbocycles. The van der Waals surface area contributed by atoms with Crippen molar-refractivity contribution in [3.05, 3.63) is 54.9 Å². The van der Waals surface area contributed by atoms with Gasteiger partial charge in [0.1, 0.15) is 24.8 Å². The molecule has 0 radical (unpaired) electrons. The first-order valence-electron chi connectivity index (χ1n) is 7.77. The minimum absolute atomic E-state index is 0.0690. The van der Waals surface area contributed by atoms with Crippen molar-refractivity contribution in [3.8, 4) is 5.82 Å². The summed E-state index contributed by atoms with van der Waals surface area (Å²) in [6, 6.07) is 8.98. The molecule has 3 aromatic rings. The quantitative estimate of drug-likeness (QED) is 0.765. The van der Waals surface area contributed by atoms with Crippen LogP contribution in [0.5, 0.6) is 0 Å². The van der Waals surface area contributed by atoms with E-state index in [0.29, 0.717) is 17.3 Å². The van der Waals surface area contributed by atoms with Crippen molar-refractivity contribution in [2.75, 3.05) is 10.6 Å². The number of urea groups is 1. The normalized spacial score (nSPS) is 11.2. The summed E-state index contributed by atoms with van der Waals surface area (Å²) in [5.74, 6) is 0.877. The van der Waals surface area contributed by atoms with Crippen LogP contribution in [0.25, 0.3) is 5.82 Å². The molecule has 2 aromatic heterocycles. The lowest BCUT2D eigenvalue weighted by Gasteiger charge is -2.19. The van der Waals surface area contributed by atoms with E-state index in [9.17, 15) is 4.79 Å². The van der Waals surface area contributed by atoms with Crippen LogP contribution < -0.4 is 10.6 Å². The van der Waals surface area contributed by atoms with Gasteiger partial charge in [-0.25, -0.2) is 24.4 Å². The van der Waals surface area contributed by atoms with Gasteiger partial charge in [0.05, 0.1) is 0 Å². The molecule has 0 aliphatic heterocycles. The first-order chi connectivity index (χ1) is 11.9. The maximum absolute atomic E-state index is 12.1. The number of hydrogen-bond donors (Lipinski definition) is 2. The maximum Gasteiger partial charge on any atom is 0.324 e. The van der Waals surface area contributed by atoms with E-state index in [2.05, 4.69) is 51.5 Å². The number of hydrogen-bond acceptors (Lipinski definition) is 5. The fourth-order valence-electron chi connectivity index (χ4n) is 2.20. The molecular formula is C17H19N7O. The van der Waals surface area contributed by atoms with Crippen LogP contribution in [-0.2, 0) is 5.41 Å². The van der Waals surface area contributed by atoms with Crippen molar-refractivity contribution in [3.63, 3.8) is 0 Å². The van der Waals surface area contributed by atoms with Gasteiger partial charge in [-0.05, 0) is 23.1 Å². The molecule has 0 unspecified atom stereocenters. The van der Waals surface area contributed by atoms with Crippen molar-refractivity contribution in [1.29, 1.82) is 0 Å². The van der Waals surface area contributed by atoms with Crippen LogP contribution in [0.15, 0.2) is 49.3 Å². The minimum Gasteiger partial charge on any atom is -0.308 e. The third kappa shape index (κ3) is 4.17. The van der Waals surface area contributed by atoms with Crippen LogP contribution in [0, 0.1) is 0 Å². The highest BCUT2D eigenvalue weighted by molar-refractivity contribution is 5.99. The maximum atomic E-state index is 12.1. The smallest absolute Gasteiger partial charge is 0.308 e. The first kappa shape index (κ1) is 16.6. The molecule has 0 aliphatic carbocycles. The first-order valence-corrected chi connectivity index (χ1v) is 7.77. The Hall–Kier alpha value is -3.29. The average Bonchev–Trinajstić information content (AvgIpc) is 3.09. The van der Waals surface area contributed by atoms with Crippen LogP contribution in [0.3, 0.4) is 0 Å². The van der Waals surface area contributed by atoms with E-state index in [1.165, 1.54) is 29.2 Å². The summed E-state index contributed by atoms with van der Waals surface area (Å²) < 4.78 is 1.48. The third-order valence-electron chi connectivity index (χ3n) is 3.56. The molecule has 0 spiro atoms. The molecule has 2 amide bonds. The van der Waals surface area contributed by atoms with Gasteiger partial charge in [0.25, 0.3) is 0 Å². The fourth-order valence-corrected chi connectivity index (χ4v) is 2.20. The predicted octanol–water partition coefficient (Wildman–Crippen LogP) is 3.00. The molecule has 128 valence electrons. The number of nitrogens with one attached hydrogen (secondary N) is 2. The number of nitrogens with zero attached hydrogens (tertiary/aromatic N) is 5. The lowest BCUT2D eigenvalue weighted by Crippen LogP contribution is -2.20. The molecule has 0 saturated carbocycles. The molecule has 2 N–H and O–H groups in total. The fraction of sp³-hybridized carbons (Fsp3) is 0.235. The Morgan fingerprint density at radius 2 is 1.80 bits per heavy atom. The third-order valence-corrected chi connectivity index (χ3v) is 3.56. The standard InChI is InChI=1S/C17H19N7O/c1-17(2,3)12-4-6-13(7-5-12)22-16(25)23-14-8-15(20-10-19-14)24-11-18-9-21-24/h4-11H,1-3H3,(H2,19,20,22,23,25). The zero-order valence-electron chi connectivity index (χ0n) is 14.3. The number of aromatic nitrogens is 5. The molecule has 8 heteroatoms. The zero-order valence-corrected chi connectivity index (χ0v) is 14.3. The molecule has 8 nitrogen and oxygen atoms in total. The van der Waals surface area contributed by atoms with Crippen molar-refractivity contribution >= 4 is 17.5 Å². The van der Waals surface area contributed by atoms with Crippen molar-refractivity contribution < 1.29 is 4.79 Å². The molecule has 0 atom stereocenters. The summed E-state index contributed by atoms with van der Waals surface area (Å²) in [5, 5.41) is 9.44. The van der Waals surface area contributed by atoms with Gasteiger partial charge in [-0.3, -0.25) is 5.32 Å². The van der Waals surface area contributed by atoms with Gasteiger partial charge in [0.15, 0.2) is 5.82 Å². The number of amides is 2. The summed E-state index contributed by atoms with van der Waals surface area (Å²) in [4.78, 5) is 24.1. The van der Waals surface area contributed by atoms with E-state index < -0.39 is 0 Å². The minimum atomic E-state index is -0.383. The second kappa shape index (κ2) is 6.68. The largest absolute Gasteiger partial charge is 0.324 e. The molecule has 25 heavy (non-hydrogen) atoms. The summed E-state index contributed by atoms with van der Waals surface area (Å²) in [6.45, 7) is 6.43. The monoisotopic (exact) mass is 337 g/mol. The highest BCUT2D eigenvalue weighted by atomic mass is 16.2. The van der Waals surface area contributed by atoms with Gasteiger partial charge in [0, 0.05) is 11.8 Å². The zero-order chi connectivity index (χ0) is 17.9. The van der Waals surface area contributed by atoms with E-state index >= 15 is 0 Å². The van der Waals surface area contributed by atoms with Gasteiger partial charge < -0.3 is 5.32 Å². The summed E-state index contributed by atoms with van der Waals surface area (Å²) in [6.07, 6.45) is 4.27.